The minimum absolute atomic E-state index is 0.157. The third kappa shape index (κ3) is 4.10. The quantitative estimate of drug-likeness (QED) is 0.649. The number of hydrogen-bond donors (Lipinski definition) is 1. The molecule has 0 unspecified atom stereocenters. The summed E-state index contributed by atoms with van der Waals surface area (Å²) in [5.41, 5.74) is 0.301. The van der Waals surface area contributed by atoms with Crippen LogP contribution in [0.3, 0.4) is 0 Å². The number of carbonyl (C=O) groups is 1. The fraction of sp³-hybridized carbons (Fsp3) is 0.273. The number of nitriles is 1. The molecule has 0 bridgehead atoms. The molecule has 1 aromatic heterocycles. The number of ether oxygens (including phenoxy) is 1. The van der Waals surface area contributed by atoms with Crippen molar-refractivity contribution >= 4 is 22.5 Å². The van der Waals surface area contributed by atoms with Crippen LogP contribution >= 0.6 is 0 Å². The van der Waals surface area contributed by atoms with Gasteiger partial charge >= 0.3 is 5.69 Å². The summed E-state index contributed by atoms with van der Waals surface area (Å²) in [5, 5.41) is 9.33. The Morgan fingerprint density at radius 1 is 1.17 bits per heavy atom. The molecular weight excluding hydrogens is 384 g/mol. The number of rotatable bonds is 7. The van der Waals surface area contributed by atoms with Gasteiger partial charge in [-0.1, -0.05) is 0 Å². The van der Waals surface area contributed by atoms with Crippen LogP contribution in [0.15, 0.2) is 52.1 Å². The van der Waals surface area contributed by atoms with Gasteiger partial charge < -0.3 is 14.6 Å². The van der Waals surface area contributed by atoms with Crippen molar-refractivity contribution in [2.24, 2.45) is 0 Å². The lowest BCUT2D eigenvalue weighted by atomic mass is 10.1. The Bertz CT molecular complexity index is 1220. The lowest BCUT2D eigenvalue weighted by Crippen LogP contribution is -2.35. The highest BCUT2D eigenvalue weighted by Crippen LogP contribution is 2.22. The largest absolute Gasteiger partial charge is 0.494 e. The zero-order valence-corrected chi connectivity index (χ0v) is 16.8. The van der Waals surface area contributed by atoms with E-state index in [1.165, 1.54) is 17.0 Å². The van der Waals surface area contributed by atoms with Crippen LogP contribution in [0, 0.1) is 11.3 Å². The first-order valence-corrected chi connectivity index (χ1v) is 9.68. The molecule has 2 aromatic carbocycles. The van der Waals surface area contributed by atoms with Crippen LogP contribution in [0.4, 0.5) is 5.69 Å². The number of anilines is 1. The van der Waals surface area contributed by atoms with Crippen molar-refractivity contribution < 1.29 is 9.53 Å². The van der Waals surface area contributed by atoms with Crippen LogP contribution in [0.5, 0.6) is 5.75 Å². The van der Waals surface area contributed by atoms with E-state index >= 15 is 0 Å². The maximum absolute atomic E-state index is 13.2. The van der Waals surface area contributed by atoms with Crippen LogP contribution in [-0.2, 0) is 6.54 Å². The van der Waals surface area contributed by atoms with Crippen LogP contribution in [0.1, 0.15) is 30.6 Å². The topological polar surface area (TPSA) is 108 Å². The molecule has 1 heterocycles. The van der Waals surface area contributed by atoms with Crippen molar-refractivity contribution in [1.29, 1.82) is 5.26 Å². The minimum Gasteiger partial charge on any atom is -0.494 e. The molecule has 0 aliphatic heterocycles. The Labute approximate surface area is 172 Å². The molecule has 154 valence electrons. The average molecular weight is 406 g/mol. The second kappa shape index (κ2) is 9.09. The summed E-state index contributed by atoms with van der Waals surface area (Å²) in [6.07, 6.45) is 0.157. The van der Waals surface area contributed by atoms with Gasteiger partial charge in [-0.3, -0.25) is 14.2 Å². The summed E-state index contributed by atoms with van der Waals surface area (Å²) in [6, 6.07) is 13.7. The number of aromatic nitrogens is 2. The summed E-state index contributed by atoms with van der Waals surface area (Å²) >= 11 is 0. The smallest absolute Gasteiger partial charge is 0.328 e. The fourth-order valence-corrected chi connectivity index (χ4v) is 3.23. The van der Waals surface area contributed by atoms with E-state index in [-0.39, 0.29) is 25.4 Å². The van der Waals surface area contributed by atoms with Gasteiger partial charge in [0.05, 0.1) is 30.0 Å². The van der Waals surface area contributed by atoms with Crippen molar-refractivity contribution in [2.75, 3.05) is 18.1 Å². The van der Waals surface area contributed by atoms with Gasteiger partial charge in [0.2, 0.25) is 0 Å². The monoisotopic (exact) mass is 406 g/mol. The van der Waals surface area contributed by atoms with E-state index in [2.05, 4.69) is 11.1 Å². The Hall–Kier alpha value is -3.86. The maximum atomic E-state index is 13.2. The number of amides is 1. The molecule has 8 heteroatoms. The standard InChI is InChI=1S/C22H22N4O4/c1-3-25-21(28)18-11-6-15(14-19(18)24-22(25)29)20(27)26(13-5-12-23)16-7-9-17(10-8-16)30-4-2/h6-11,14H,3-5,13H2,1-2H3,(H,24,29). The van der Waals surface area contributed by atoms with Gasteiger partial charge in [-0.15, -0.1) is 0 Å². The third-order valence-electron chi connectivity index (χ3n) is 4.70. The summed E-state index contributed by atoms with van der Waals surface area (Å²) in [6.45, 7) is 4.59. The molecule has 0 aliphatic rings. The minimum atomic E-state index is -0.521. The van der Waals surface area contributed by atoms with E-state index in [0.717, 1.165) is 4.57 Å². The number of H-pyrrole nitrogens is 1. The van der Waals surface area contributed by atoms with Gasteiger partial charge in [0, 0.05) is 24.3 Å². The molecule has 0 saturated heterocycles. The van der Waals surface area contributed by atoms with Gasteiger partial charge in [-0.25, -0.2) is 4.79 Å². The van der Waals surface area contributed by atoms with Gasteiger partial charge in [0.25, 0.3) is 11.5 Å². The summed E-state index contributed by atoms with van der Waals surface area (Å²) in [5.74, 6) is 0.348. The number of aromatic amines is 1. The lowest BCUT2D eigenvalue weighted by molar-refractivity contribution is 0.0987. The van der Waals surface area contributed by atoms with E-state index in [9.17, 15) is 14.4 Å². The second-order valence-corrected chi connectivity index (χ2v) is 6.53. The van der Waals surface area contributed by atoms with E-state index in [0.29, 0.717) is 34.5 Å². The first-order valence-electron chi connectivity index (χ1n) is 9.68. The lowest BCUT2D eigenvalue weighted by Gasteiger charge is -2.22. The highest BCUT2D eigenvalue weighted by molar-refractivity contribution is 6.07. The third-order valence-corrected chi connectivity index (χ3v) is 4.70. The molecule has 8 nitrogen and oxygen atoms in total. The number of carbonyl (C=O) groups excluding carboxylic acids is 1. The summed E-state index contributed by atoms with van der Waals surface area (Å²) < 4.78 is 6.54. The highest BCUT2D eigenvalue weighted by atomic mass is 16.5. The van der Waals surface area contributed by atoms with Crippen LogP contribution in [-0.4, -0.2) is 28.6 Å². The van der Waals surface area contributed by atoms with Crippen LogP contribution in [0.2, 0.25) is 0 Å². The molecule has 3 aromatic rings. The number of nitrogens with one attached hydrogen (secondary N) is 1. The molecule has 0 radical (unpaired) electrons. The molecule has 0 spiro atoms. The van der Waals surface area contributed by atoms with Gasteiger partial charge in [0.1, 0.15) is 5.75 Å². The number of nitrogens with zero attached hydrogens (tertiary/aromatic N) is 3. The Kier molecular flexibility index (Phi) is 6.32. The Morgan fingerprint density at radius 2 is 1.90 bits per heavy atom. The van der Waals surface area contributed by atoms with Crippen molar-refractivity contribution in [3.63, 3.8) is 0 Å². The summed E-state index contributed by atoms with van der Waals surface area (Å²) in [7, 11) is 0. The predicted molar refractivity (Wildman–Crippen MR) is 114 cm³/mol. The number of hydrogen-bond acceptors (Lipinski definition) is 5. The van der Waals surface area contributed by atoms with E-state index < -0.39 is 11.2 Å². The first kappa shape index (κ1) is 20.9. The van der Waals surface area contributed by atoms with Gasteiger partial charge in [-0.2, -0.15) is 5.26 Å². The van der Waals surface area contributed by atoms with E-state index in [1.807, 2.05) is 6.92 Å². The first-order chi connectivity index (χ1) is 14.5. The zero-order chi connectivity index (χ0) is 21.7. The van der Waals surface area contributed by atoms with Crippen LogP contribution in [0.25, 0.3) is 10.9 Å². The highest BCUT2D eigenvalue weighted by Gasteiger charge is 2.19. The molecule has 0 saturated carbocycles. The average Bonchev–Trinajstić information content (AvgIpc) is 2.75. The van der Waals surface area contributed by atoms with Crippen LogP contribution < -0.4 is 20.9 Å². The molecule has 30 heavy (non-hydrogen) atoms. The number of benzene rings is 2. The SMILES string of the molecule is CCOc1ccc(N(CCC#N)C(=O)c2ccc3c(=O)n(CC)c(=O)[nH]c3c2)cc1. The molecule has 1 amide bonds. The van der Waals surface area contributed by atoms with Crippen molar-refractivity contribution in [3.05, 3.63) is 68.9 Å². The predicted octanol–water partition coefficient (Wildman–Crippen LogP) is 2.67. The normalized spacial score (nSPS) is 10.6. The zero-order valence-electron chi connectivity index (χ0n) is 16.8. The summed E-state index contributed by atoms with van der Waals surface area (Å²) in [4.78, 5) is 41.9. The van der Waals surface area contributed by atoms with Crippen molar-refractivity contribution in [1.82, 2.24) is 9.55 Å². The molecule has 1 N–H and O–H groups in total. The molecule has 3 rings (SSSR count). The maximum Gasteiger partial charge on any atom is 0.328 e. The second-order valence-electron chi connectivity index (χ2n) is 6.53. The molecule has 0 fully saturated rings. The number of fused-ring (bicyclic) bond motifs is 1. The molecule has 0 aliphatic carbocycles. The van der Waals surface area contributed by atoms with Crippen molar-refractivity contribution in [2.45, 2.75) is 26.8 Å². The van der Waals surface area contributed by atoms with Crippen molar-refractivity contribution in [3.8, 4) is 11.8 Å². The molecule has 0 atom stereocenters. The fourth-order valence-electron chi connectivity index (χ4n) is 3.23. The van der Waals surface area contributed by atoms with E-state index in [1.54, 1.807) is 37.3 Å². The van der Waals surface area contributed by atoms with Gasteiger partial charge in [0.15, 0.2) is 0 Å². The molecular formula is C22H22N4O4. The van der Waals surface area contributed by atoms with Gasteiger partial charge in [-0.05, 0) is 56.3 Å². The van der Waals surface area contributed by atoms with E-state index in [4.69, 9.17) is 10.00 Å². The Morgan fingerprint density at radius 3 is 2.53 bits per heavy atom. The Balaban J connectivity index is 2.01.